The quantitative estimate of drug-likeness (QED) is 0.222. The summed E-state index contributed by atoms with van der Waals surface area (Å²) in [6.45, 7) is 8.02. The maximum atomic E-state index is 14.4. The Balaban J connectivity index is 1.96. The molecule has 4 rings (SSSR count). The van der Waals surface area contributed by atoms with Crippen molar-refractivity contribution in [2.75, 3.05) is 6.54 Å². The van der Waals surface area contributed by atoms with E-state index in [0.717, 1.165) is 24.3 Å². The van der Waals surface area contributed by atoms with Gasteiger partial charge in [-0.05, 0) is 47.7 Å². The van der Waals surface area contributed by atoms with Gasteiger partial charge >= 0.3 is 5.97 Å². The molecule has 0 bridgehead atoms. The van der Waals surface area contributed by atoms with Gasteiger partial charge in [0.25, 0.3) is 5.91 Å². The first-order valence-corrected chi connectivity index (χ1v) is 11.3. The second-order valence-corrected chi connectivity index (χ2v) is 9.32. The van der Waals surface area contributed by atoms with Crippen LogP contribution in [0.1, 0.15) is 41.0 Å². The topological polar surface area (TPSA) is 117 Å². The van der Waals surface area contributed by atoms with Crippen molar-refractivity contribution in [1.29, 1.82) is 0 Å². The Morgan fingerprint density at radius 3 is 2.49 bits per heavy atom. The lowest BCUT2D eigenvalue weighted by atomic mass is 9.89. The fourth-order valence-electron chi connectivity index (χ4n) is 3.97. The maximum absolute atomic E-state index is 14.4. The number of fused-ring (bicyclic) bond motifs is 2. The molecule has 0 atom stereocenters. The second-order valence-electron chi connectivity index (χ2n) is 9.32. The normalized spacial score (nSPS) is 11.6. The van der Waals surface area contributed by atoms with Gasteiger partial charge in [0, 0.05) is 40.8 Å². The number of phenolic OH excluding ortho intramolecular Hbond substituents is 1. The van der Waals surface area contributed by atoms with Gasteiger partial charge in [-0.1, -0.05) is 19.9 Å². The van der Waals surface area contributed by atoms with Gasteiger partial charge in [-0.15, -0.1) is 6.58 Å². The Labute approximate surface area is 210 Å². The van der Waals surface area contributed by atoms with Gasteiger partial charge < -0.3 is 19.9 Å². The zero-order chi connectivity index (χ0) is 27.1. The van der Waals surface area contributed by atoms with Crippen LogP contribution in [-0.2, 0) is 0 Å². The molecule has 0 radical (unpaired) electrons. The molecule has 2 aliphatic rings. The SMILES string of the molecule is C=CC(C)(C)CCNC(=O)c1ccc(C(=O)O)c(-c2c3cc(F)c(=O)cc-3oc3cc(O)c(F)cc23)c1. The van der Waals surface area contributed by atoms with Crippen LogP contribution in [-0.4, -0.2) is 28.6 Å². The summed E-state index contributed by atoms with van der Waals surface area (Å²) < 4.78 is 34.4. The van der Waals surface area contributed by atoms with Crippen molar-refractivity contribution in [3.05, 3.63) is 88.1 Å². The predicted molar refractivity (Wildman–Crippen MR) is 134 cm³/mol. The molecular formula is C28H23F2NO6. The van der Waals surface area contributed by atoms with E-state index in [9.17, 15) is 33.4 Å². The van der Waals surface area contributed by atoms with Crippen LogP contribution < -0.4 is 10.7 Å². The summed E-state index contributed by atoms with van der Waals surface area (Å²) in [5.74, 6) is -4.84. The van der Waals surface area contributed by atoms with Crippen LogP contribution in [0.4, 0.5) is 8.78 Å². The van der Waals surface area contributed by atoms with Crippen molar-refractivity contribution in [3.63, 3.8) is 0 Å². The lowest BCUT2D eigenvalue weighted by Gasteiger charge is -2.20. The van der Waals surface area contributed by atoms with Crippen molar-refractivity contribution in [2.45, 2.75) is 20.3 Å². The fraction of sp³-hybridized carbons (Fsp3) is 0.179. The summed E-state index contributed by atoms with van der Waals surface area (Å²) in [6.07, 6.45) is 2.39. The van der Waals surface area contributed by atoms with Gasteiger partial charge in [0.2, 0.25) is 5.43 Å². The molecule has 0 saturated carbocycles. The number of phenols is 1. The van der Waals surface area contributed by atoms with Gasteiger partial charge in [-0.25, -0.2) is 13.6 Å². The lowest BCUT2D eigenvalue weighted by Crippen LogP contribution is -2.27. The number of allylic oxidation sites excluding steroid dienone is 1. The number of benzene rings is 3. The van der Waals surface area contributed by atoms with Crippen LogP contribution in [0.3, 0.4) is 0 Å². The van der Waals surface area contributed by atoms with E-state index in [4.69, 9.17) is 4.42 Å². The smallest absolute Gasteiger partial charge is 0.336 e. The van der Waals surface area contributed by atoms with E-state index in [2.05, 4.69) is 11.9 Å². The molecule has 0 aromatic heterocycles. The zero-order valence-electron chi connectivity index (χ0n) is 20.0. The number of aromatic hydroxyl groups is 1. The van der Waals surface area contributed by atoms with Crippen LogP contribution in [0.5, 0.6) is 5.75 Å². The first-order chi connectivity index (χ1) is 17.4. The molecule has 0 spiro atoms. The molecular weight excluding hydrogens is 484 g/mol. The molecule has 1 aliphatic carbocycles. The van der Waals surface area contributed by atoms with Crippen LogP contribution in [0.25, 0.3) is 33.4 Å². The largest absolute Gasteiger partial charge is 0.505 e. The molecule has 1 heterocycles. The molecule has 0 fully saturated rings. The number of hydrogen-bond acceptors (Lipinski definition) is 5. The molecule has 37 heavy (non-hydrogen) atoms. The van der Waals surface area contributed by atoms with Gasteiger partial charge in [0.15, 0.2) is 17.4 Å². The zero-order valence-corrected chi connectivity index (χ0v) is 20.0. The monoisotopic (exact) mass is 507 g/mol. The number of carbonyl (C=O) groups excluding carboxylic acids is 1. The Bertz CT molecular complexity index is 1600. The molecule has 1 amide bonds. The summed E-state index contributed by atoms with van der Waals surface area (Å²) in [5.41, 5.74) is -1.42. The van der Waals surface area contributed by atoms with E-state index in [0.29, 0.717) is 13.0 Å². The van der Waals surface area contributed by atoms with E-state index in [-0.39, 0.29) is 50.0 Å². The van der Waals surface area contributed by atoms with E-state index in [1.54, 1.807) is 6.08 Å². The number of aromatic carboxylic acids is 1. The maximum Gasteiger partial charge on any atom is 0.336 e. The van der Waals surface area contributed by atoms with Crippen LogP contribution in [0.2, 0.25) is 0 Å². The van der Waals surface area contributed by atoms with Crippen LogP contribution >= 0.6 is 0 Å². The number of amides is 1. The van der Waals surface area contributed by atoms with E-state index in [1.807, 2.05) is 13.8 Å². The average Bonchev–Trinajstić information content (AvgIpc) is 2.84. The highest BCUT2D eigenvalue weighted by molar-refractivity contribution is 6.09. The number of nitrogens with one attached hydrogen (secondary N) is 1. The number of hydrogen-bond donors (Lipinski definition) is 3. The molecule has 0 saturated heterocycles. The van der Waals surface area contributed by atoms with E-state index >= 15 is 0 Å². The number of rotatable bonds is 7. The summed E-state index contributed by atoms with van der Waals surface area (Å²) in [4.78, 5) is 37.0. The highest BCUT2D eigenvalue weighted by Gasteiger charge is 2.25. The Morgan fingerprint density at radius 1 is 1.08 bits per heavy atom. The minimum atomic E-state index is -1.35. The van der Waals surface area contributed by atoms with Crippen molar-refractivity contribution in [1.82, 2.24) is 5.32 Å². The number of halogens is 2. The highest BCUT2D eigenvalue weighted by atomic mass is 19.1. The Morgan fingerprint density at radius 2 is 1.81 bits per heavy atom. The summed E-state index contributed by atoms with van der Waals surface area (Å²) in [7, 11) is 0. The van der Waals surface area contributed by atoms with Crippen molar-refractivity contribution in [2.24, 2.45) is 5.41 Å². The van der Waals surface area contributed by atoms with Gasteiger partial charge in [0.05, 0.1) is 5.56 Å². The highest BCUT2D eigenvalue weighted by Crippen LogP contribution is 2.43. The number of carboxylic acids is 1. The second kappa shape index (κ2) is 9.50. The van der Waals surface area contributed by atoms with Gasteiger partial charge in [-0.3, -0.25) is 9.59 Å². The van der Waals surface area contributed by atoms with Gasteiger partial charge in [0.1, 0.15) is 11.3 Å². The molecule has 1 aliphatic heterocycles. The lowest BCUT2D eigenvalue weighted by molar-refractivity contribution is 0.0697. The third-order valence-corrected chi connectivity index (χ3v) is 6.23. The van der Waals surface area contributed by atoms with E-state index in [1.165, 1.54) is 18.2 Å². The minimum absolute atomic E-state index is 0.00800. The van der Waals surface area contributed by atoms with Crippen LogP contribution in [0, 0.1) is 17.0 Å². The molecule has 2 aromatic carbocycles. The number of carboxylic acid groups (broad SMARTS) is 1. The Kier molecular flexibility index (Phi) is 6.56. The minimum Gasteiger partial charge on any atom is -0.505 e. The molecule has 190 valence electrons. The summed E-state index contributed by atoms with van der Waals surface area (Å²) in [5, 5.41) is 22.5. The molecule has 7 nitrogen and oxygen atoms in total. The third kappa shape index (κ3) is 4.93. The Hall–Kier alpha value is -4.53. The third-order valence-electron chi connectivity index (χ3n) is 6.23. The molecule has 2 aromatic rings. The van der Waals surface area contributed by atoms with Crippen LogP contribution in [0.15, 0.2) is 64.3 Å². The summed E-state index contributed by atoms with van der Waals surface area (Å²) in [6, 6.07) is 7.50. The summed E-state index contributed by atoms with van der Waals surface area (Å²) >= 11 is 0. The molecule has 0 unspecified atom stereocenters. The van der Waals surface area contributed by atoms with Crippen molar-refractivity contribution >= 4 is 22.8 Å². The molecule has 3 N–H and O–H groups in total. The average molecular weight is 507 g/mol. The van der Waals surface area contributed by atoms with Crippen molar-refractivity contribution < 1.29 is 33.0 Å². The standard InChI is InChI=1S/C28H23F2NO6/c1-4-28(2,3)7-8-31-26(34)14-5-6-15(27(35)36)16(9-14)25-17-10-19(29)21(32)12-23(17)37-24-13-22(33)20(30)11-18(24)25/h4-6,9-13,32H,1,7-8H2,2-3H3,(H,31,34)(H,35,36). The predicted octanol–water partition coefficient (Wildman–Crippen LogP) is 5.58. The van der Waals surface area contributed by atoms with E-state index < -0.39 is 34.7 Å². The number of carbonyl (C=O) groups is 2. The van der Waals surface area contributed by atoms with Crippen molar-refractivity contribution in [3.8, 4) is 28.2 Å². The first-order valence-electron chi connectivity index (χ1n) is 11.3. The van der Waals surface area contributed by atoms with Gasteiger partial charge in [-0.2, -0.15) is 0 Å². The molecule has 9 heteroatoms. The fourth-order valence-corrected chi connectivity index (χ4v) is 3.97. The first kappa shape index (κ1) is 25.6.